The number of ketones is 2. The smallest absolute Gasteiger partial charge is 0.306 e. The number of hydrogen-bond donors (Lipinski definition) is 3. The molecule has 3 fully saturated rings. The largest absolute Gasteiger partial charge is 0.458 e. The molecule has 0 saturated heterocycles. The summed E-state index contributed by atoms with van der Waals surface area (Å²) in [5.41, 5.74) is -1.65. The van der Waals surface area contributed by atoms with Crippen molar-refractivity contribution in [3.05, 3.63) is 30.4 Å². The molecular weight excluding hydrogens is 526 g/mol. The van der Waals surface area contributed by atoms with Crippen LogP contribution >= 0.6 is 0 Å². The van der Waals surface area contributed by atoms with Crippen LogP contribution in [0.25, 0.3) is 0 Å². The van der Waals surface area contributed by atoms with Crippen molar-refractivity contribution < 1.29 is 34.1 Å². The fourth-order valence-electron chi connectivity index (χ4n) is 8.70. The molecule has 0 radical (unpaired) electrons. The lowest BCUT2D eigenvalue weighted by molar-refractivity contribution is -0.184. The Morgan fingerprint density at radius 2 is 1.98 bits per heavy atom. The summed E-state index contributed by atoms with van der Waals surface area (Å²) in [6.07, 6.45) is 10.9. The summed E-state index contributed by atoms with van der Waals surface area (Å²) in [5, 5.41) is 26.1. The van der Waals surface area contributed by atoms with Gasteiger partial charge in [0.25, 0.3) is 0 Å². The second kappa shape index (κ2) is 11.4. The van der Waals surface area contributed by atoms with Gasteiger partial charge in [-0.05, 0) is 74.2 Å². The predicted molar refractivity (Wildman–Crippen MR) is 148 cm³/mol. The highest BCUT2D eigenvalue weighted by molar-refractivity contribution is 5.92. The Kier molecular flexibility index (Phi) is 8.27. The van der Waals surface area contributed by atoms with Gasteiger partial charge in [0.15, 0.2) is 12.4 Å². The number of aromatic nitrogens is 2. The Morgan fingerprint density at radius 3 is 2.73 bits per heavy atom. The number of aliphatic hydroxyl groups excluding tert-OH is 1. The number of aliphatic hydroxyl groups is 2. The van der Waals surface area contributed by atoms with E-state index in [1.165, 1.54) is 0 Å². The third kappa shape index (κ3) is 5.41. The van der Waals surface area contributed by atoms with Gasteiger partial charge in [0.1, 0.15) is 5.60 Å². The van der Waals surface area contributed by atoms with Crippen molar-refractivity contribution in [2.45, 2.75) is 96.3 Å². The normalized spacial score (nSPS) is 36.0. The van der Waals surface area contributed by atoms with E-state index < -0.39 is 35.5 Å². The Morgan fingerprint density at radius 1 is 1.17 bits per heavy atom. The molecule has 3 N–H and O–H groups in total. The third-order valence-corrected chi connectivity index (χ3v) is 10.9. The van der Waals surface area contributed by atoms with Gasteiger partial charge in [-0.3, -0.25) is 19.2 Å². The molecule has 5 rings (SSSR count). The van der Waals surface area contributed by atoms with Gasteiger partial charge in [0.2, 0.25) is 11.7 Å². The molecule has 0 aliphatic heterocycles. The molecule has 0 spiro atoms. The minimum absolute atomic E-state index is 0.0130. The quantitative estimate of drug-likeness (QED) is 0.288. The topological polar surface area (TPSA) is 148 Å². The van der Waals surface area contributed by atoms with Gasteiger partial charge >= 0.3 is 5.97 Å². The van der Waals surface area contributed by atoms with E-state index in [9.17, 15) is 29.4 Å². The number of esters is 1. The van der Waals surface area contributed by atoms with Crippen molar-refractivity contribution in [3.63, 3.8) is 0 Å². The molecule has 1 heterocycles. The molecule has 4 aliphatic carbocycles. The number of hydrogen-bond acceptors (Lipinski definition) is 8. The Bertz CT molecular complexity index is 1210. The van der Waals surface area contributed by atoms with Gasteiger partial charge in [0.05, 0.1) is 18.9 Å². The van der Waals surface area contributed by atoms with Gasteiger partial charge < -0.3 is 24.8 Å². The summed E-state index contributed by atoms with van der Waals surface area (Å²) >= 11 is 0. The Hall–Kier alpha value is -2.85. The van der Waals surface area contributed by atoms with Crippen molar-refractivity contribution in [1.82, 2.24) is 14.9 Å². The molecule has 0 unspecified atom stereocenters. The van der Waals surface area contributed by atoms with Crippen molar-refractivity contribution in [1.29, 1.82) is 0 Å². The van der Waals surface area contributed by atoms with Crippen molar-refractivity contribution >= 4 is 23.4 Å². The lowest BCUT2D eigenvalue weighted by Crippen LogP contribution is -2.62. The van der Waals surface area contributed by atoms with Crippen LogP contribution in [0.1, 0.15) is 78.1 Å². The summed E-state index contributed by atoms with van der Waals surface area (Å²) in [6.45, 7) is 4.71. The highest BCUT2D eigenvalue weighted by Gasteiger charge is 2.68. The fourth-order valence-corrected chi connectivity index (χ4v) is 8.70. The number of amides is 1. The van der Waals surface area contributed by atoms with Crippen LogP contribution in [0.15, 0.2) is 30.4 Å². The van der Waals surface area contributed by atoms with Crippen LogP contribution in [0, 0.1) is 28.6 Å². The zero-order valence-electron chi connectivity index (χ0n) is 24.1. The van der Waals surface area contributed by atoms with Gasteiger partial charge in [-0.25, -0.2) is 4.98 Å². The number of fused-ring (bicyclic) bond motifs is 5. The number of nitrogens with zero attached hydrogens (tertiary/aromatic N) is 2. The zero-order chi connectivity index (χ0) is 29.4. The van der Waals surface area contributed by atoms with Crippen LogP contribution in [-0.2, 0) is 30.5 Å². The fraction of sp³-hybridized carbons (Fsp3) is 0.710. The second-order valence-corrected chi connectivity index (χ2v) is 13.1. The molecule has 0 aromatic carbocycles. The summed E-state index contributed by atoms with van der Waals surface area (Å²) in [7, 11) is 0. The number of allylic oxidation sites excluding steroid dienone is 1. The Labute approximate surface area is 240 Å². The maximum atomic E-state index is 13.4. The number of ether oxygens (including phenoxy) is 1. The predicted octanol–water partition coefficient (Wildman–Crippen LogP) is 2.52. The molecule has 3 saturated carbocycles. The first-order chi connectivity index (χ1) is 19.5. The second-order valence-electron chi connectivity index (χ2n) is 13.1. The van der Waals surface area contributed by atoms with Gasteiger partial charge in [0, 0.05) is 43.7 Å². The van der Waals surface area contributed by atoms with E-state index in [1.807, 2.05) is 17.7 Å². The maximum absolute atomic E-state index is 13.4. The highest BCUT2D eigenvalue weighted by Crippen LogP contribution is 2.67. The number of nitrogens with one attached hydrogen (secondary N) is 1. The number of Topliss-reactive ketones (excluding diaryl/α,β-unsaturated/α-hetero) is 1. The summed E-state index contributed by atoms with van der Waals surface area (Å²) in [5.74, 6) is -1.14. The first-order valence-corrected chi connectivity index (χ1v) is 15.0. The first kappa shape index (κ1) is 29.6. The minimum Gasteiger partial charge on any atom is -0.458 e. The lowest BCUT2D eigenvalue weighted by Gasteiger charge is -2.60. The minimum atomic E-state index is -1.70. The van der Waals surface area contributed by atoms with E-state index in [4.69, 9.17) is 4.74 Å². The number of rotatable bonds is 10. The third-order valence-electron chi connectivity index (χ3n) is 10.9. The summed E-state index contributed by atoms with van der Waals surface area (Å²) in [4.78, 5) is 53.9. The van der Waals surface area contributed by atoms with E-state index >= 15 is 0 Å². The SMILES string of the molecule is C[C@]12CCC(=O)C=C1CC[C@H]1[C@H]2[C@@H](O)C[C@@]2(C)[C@@H]1CC[C@]2(O)C(=O)COC(=O)CCC(=O)NCCCn1ccnc1. The molecule has 1 aromatic heterocycles. The van der Waals surface area contributed by atoms with E-state index in [0.717, 1.165) is 37.8 Å². The van der Waals surface area contributed by atoms with Crippen LogP contribution in [0.2, 0.25) is 0 Å². The van der Waals surface area contributed by atoms with Crippen LogP contribution in [0.5, 0.6) is 0 Å². The van der Waals surface area contributed by atoms with Crippen molar-refractivity contribution in [3.8, 4) is 0 Å². The van der Waals surface area contributed by atoms with Crippen LogP contribution in [0.4, 0.5) is 0 Å². The van der Waals surface area contributed by atoms with Crippen LogP contribution < -0.4 is 5.32 Å². The van der Waals surface area contributed by atoms with Gasteiger partial charge in [-0.15, -0.1) is 0 Å². The average Bonchev–Trinajstić information content (AvgIpc) is 3.55. The van der Waals surface area contributed by atoms with Crippen LogP contribution in [-0.4, -0.2) is 68.1 Å². The zero-order valence-corrected chi connectivity index (χ0v) is 24.1. The summed E-state index contributed by atoms with van der Waals surface area (Å²) in [6, 6.07) is 0. The number of carbonyl (C=O) groups excluding carboxylic acids is 4. The number of carbonyl (C=O) groups is 4. The Balaban J connectivity index is 1.13. The molecule has 0 bridgehead atoms. The van der Waals surface area contributed by atoms with E-state index in [1.54, 1.807) is 18.6 Å². The van der Waals surface area contributed by atoms with Crippen molar-refractivity contribution in [2.24, 2.45) is 28.6 Å². The maximum Gasteiger partial charge on any atom is 0.306 e. The molecule has 1 aromatic rings. The lowest BCUT2D eigenvalue weighted by atomic mass is 9.45. The monoisotopic (exact) mass is 569 g/mol. The molecule has 10 heteroatoms. The molecule has 41 heavy (non-hydrogen) atoms. The highest BCUT2D eigenvalue weighted by atomic mass is 16.5. The molecule has 7 atom stereocenters. The summed E-state index contributed by atoms with van der Waals surface area (Å²) < 4.78 is 7.13. The molecule has 224 valence electrons. The standard InChI is InChI=1S/C31H43N3O7/c1-29-10-8-21(35)16-20(29)4-5-22-23-9-11-31(40,30(23,2)17-24(36)28(22)29)25(37)18-41-27(39)7-6-26(38)33-12-3-14-34-15-13-32-19-34/h13,15-16,19,22-24,28,36,40H,3-12,14,17-18H2,1-2H3,(H,33,38)/t22-,23-,24+,28+,29+,30+,31+/m1/s1. The molecule has 10 nitrogen and oxygen atoms in total. The first-order valence-electron chi connectivity index (χ1n) is 15.0. The van der Waals surface area contributed by atoms with E-state index in [0.29, 0.717) is 19.4 Å². The number of aryl methyl sites for hydroxylation is 1. The van der Waals surface area contributed by atoms with E-state index in [2.05, 4.69) is 17.2 Å². The van der Waals surface area contributed by atoms with Gasteiger partial charge in [-0.2, -0.15) is 0 Å². The van der Waals surface area contributed by atoms with E-state index in [-0.39, 0.29) is 60.5 Å². The molecule has 1 amide bonds. The average molecular weight is 570 g/mol. The van der Waals surface area contributed by atoms with Crippen molar-refractivity contribution in [2.75, 3.05) is 13.2 Å². The van der Waals surface area contributed by atoms with Gasteiger partial charge in [-0.1, -0.05) is 19.4 Å². The molecular formula is C31H43N3O7. The number of imidazole rings is 1. The van der Waals surface area contributed by atoms with Crippen LogP contribution in [0.3, 0.4) is 0 Å². The molecule has 4 aliphatic rings.